The van der Waals surface area contributed by atoms with Gasteiger partial charge in [0.25, 0.3) is 5.91 Å². The van der Waals surface area contributed by atoms with Crippen molar-refractivity contribution in [1.29, 1.82) is 0 Å². The lowest BCUT2D eigenvalue weighted by Gasteiger charge is -2.06. The van der Waals surface area contributed by atoms with Crippen LogP contribution in [0.2, 0.25) is 0 Å². The highest BCUT2D eigenvalue weighted by molar-refractivity contribution is 7.09. The predicted octanol–water partition coefficient (Wildman–Crippen LogP) is 2.90. The molecule has 0 aliphatic heterocycles. The van der Waals surface area contributed by atoms with Gasteiger partial charge >= 0.3 is 0 Å². The van der Waals surface area contributed by atoms with Gasteiger partial charge in [0.1, 0.15) is 10.8 Å². The van der Waals surface area contributed by atoms with Gasteiger partial charge in [-0.3, -0.25) is 9.78 Å². The molecule has 3 rings (SSSR count). The van der Waals surface area contributed by atoms with E-state index in [2.05, 4.69) is 15.3 Å². The fourth-order valence-electron chi connectivity index (χ4n) is 1.91. The Balaban J connectivity index is 1.49. The van der Waals surface area contributed by atoms with Crippen molar-refractivity contribution in [2.45, 2.75) is 6.54 Å². The Hall–Kier alpha value is -2.73. The maximum absolute atomic E-state index is 11.8. The minimum atomic E-state index is -0.177. The van der Waals surface area contributed by atoms with E-state index < -0.39 is 0 Å². The van der Waals surface area contributed by atoms with Gasteiger partial charge < -0.3 is 10.1 Å². The average Bonchev–Trinajstić information content (AvgIpc) is 3.09. The topological polar surface area (TPSA) is 64.1 Å². The quantitative estimate of drug-likeness (QED) is 0.757. The van der Waals surface area contributed by atoms with Gasteiger partial charge in [0.2, 0.25) is 0 Å². The lowest BCUT2D eigenvalue weighted by molar-refractivity contribution is -0.123. The number of para-hydroxylation sites is 1. The number of rotatable bonds is 6. The number of ether oxygens (including phenoxy) is 1. The van der Waals surface area contributed by atoms with E-state index in [0.29, 0.717) is 12.3 Å². The largest absolute Gasteiger partial charge is 0.484 e. The Morgan fingerprint density at radius 3 is 2.70 bits per heavy atom. The zero-order valence-electron chi connectivity index (χ0n) is 12.3. The molecule has 23 heavy (non-hydrogen) atoms. The van der Waals surface area contributed by atoms with E-state index in [1.165, 1.54) is 11.3 Å². The molecule has 1 amide bonds. The molecule has 0 saturated carbocycles. The van der Waals surface area contributed by atoms with Gasteiger partial charge in [-0.1, -0.05) is 24.3 Å². The fraction of sp³-hybridized carbons (Fsp3) is 0.118. The molecule has 5 nitrogen and oxygen atoms in total. The minimum Gasteiger partial charge on any atom is -0.484 e. The summed E-state index contributed by atoms with van der Waals surface area (Å²) >= 11 is 1.49. The Labute approximate surface area is 138 Å². The van der Waals surface area contributed by atoms with Crippen molar-refractivity contribution in [3.05, 3.63) is 65.1 Å². The first-order valence-corrected chi connectivity index (χ1v) is 7.99. The molecular weight excluding hydrogens is 310 g/mol. The molecule has 6 heteroatoms. The summed E-state index contributed by atoms with van der Waals surface area (Å²) in [5.41, 5.74) is 1.65. The second kappa shape index (κ2) is 7.51. The van der Waals surface area contributed by atoms with E-state index in [-0.39, 0.29) is 12.5 Å². The highest BCUT2D eigenvalue weighted by Crippen LogP contribution is 2.19. The number of aromatic nitrogens is 2. The van der Waals surface area contributed by atoms with Crippen LogP contribution < -0.4 is 10.1 Å². The number of pyridine rings is 1. The summed E-state index contributed by atoms with van der Waals surface area (Å²) in [5.74, 6) is 0.498. The van der Waals surface area contributed by atoms with E-state index in [4.69, 9.17) is 4.74 Å². The van der Waals surface area contributed by atoms with Gasteiger partial charge in [-0.15, -0.1) is 11.3 Å². The van der Waals surface area contributed by atoms with Crippen LogP contribution in [0.25, 0.3) is 11.4 Å². The first-order chi connectivity index (χ1) is 11.3. The molecule has 0 bridgehead atoms. The van der Waals surface area contributed by atoms with E-state index in [9.17, 15) is 4.79 Å². The monoisotopic (exact) mass is 325 g/mol. The number of nitrogens with zero attached hydrogens (tertiary/aromatic N) is 2. The molecule has 0 atom stereocenters. The predicted molar refractivity (Wildman–Crippen MR) is 89.1 cm³/mol. The van der Waals surface area contributed by atoms with Crippen molar-refractivity contribution in [1.82, 2.24) is 15.3 Å². The standard InChI is InChI=1S/C17H15N3O2S/c21-16(11-22-13-6-2-1-3-7-13)19-10-17-20-15(12-23-17)14-8-4-5-9-18-14/h1-9,12H,10-11H2,(H,19,21). The zero-order valence-corrected chi connectivity index (χ0v) is 13.1. The Kier molecular flexibility index (Phi) is 4.95. The van der Waals surface area contributed by atoms with Crippen LogP contribution in [0.15, 0.2) is 60.1 Å². The van der Waals surface area contributed by atoms with Crippen molar-refractivity contribution in [2.24, 2.45) is 0 Å². The smallest absolute Gasteiger partial charge is 0.258 e. The van der Waals surface area contributed by atoms with Crippen molar-refractivity contribution in [3.63, 3.8) is 0 Å². The molecule has 1 aromatic carbocycles. The van der Waals surface area contributed by atoms with E-state index in [1.54, 1.807) is 6.20 Å². The third-order valence-corrected chi connectivity index (χ3v) is 3.88. The normalized spacial score (nSPS) is 10.3. The number of hydrogen-bond donors (Lipinski definition) is 1. The third kappa shape index (κ3) is 4.37. The number of carbonyl (C=O) groups is 1. The maximum Gasteiger partial charge on any atom is 0.258 e. The second-order valence-electron chi connectivity index (χ2n) is 4.72. The van der Waals surface area contributed by atoms with Gasteiger partial charge in [0.15, 0.2) is 6.61 Å². The second-order valence-corrected chi connectivity index (χ2v) is 5.66. The van der Waals surface area contributed by atoms with Crippen molar-refractivity contribution < 1.29 is 9.53 Å². The first-order valence-electron chi connectivity index (χ1n) is 7.11. The molecule has 1 N–H and O–H groups in total. The van der Waals surface area contributed by atoms with Crippen LogP contribution in [0.5, 0.6) is 5.75 Å². The average molecular weight is 325 g/mol. The summed E-state index contributed by atoms with van der Waals surface area (Å²) in [7, 11) is 0. The number of thiazole rings is 1. The van der Waals surface area contributed by atoms with Crippen LogP contribution in [0.1, 0.15) is 5.01 Å². The molecule has 0 fully saturated rings. The zero-order chi connectivity index (χ0) is 15.9. The Morgan fingerprint density at radius 2 is 1.91 bits per heavy atom. The summed E-state index contributed by atoms with van der Waals surface area (Å²) in [4.78, 5) is 20.5. The van der Waals surface area contributed by atoms with Gasteiger partial charge in [0.05, 0.1) is 17.9 Å². The lowest BCUT2D eigenvalue weighted by Crippen LogP contribution is -2.28. The number of hydrogen-bond acceptors (Lipinski definition) is 5. The minimum absolute atomic E-state index is 0.0114. The SMILES string of the molecule is O=C(COc1ccccc1)NCc1nc(-c2ccccn2)cs1. The molecule has 0 aliphatic carbocycles. The molecule has 3 aromatic rings. The van der Waals surface area contributed by atoms with Crippen LogP contribution in [-0.4, -0.2) is 22.5 Å². The summed E-state index contributed by atoms with van der Waals surface area (Å²) in [6.45, 7) is 0.372. The van der Waals surface area contributed by atoms with Crippen molar-refractivity contribution >= 4 is 17.2 Å². The van der Waals surface area contributed by atoms with Gasteiger partial charge in [-0.2, -0.15) is 0 Å². The molecule has 2 heterocycles. The molecule has 0 unspecified atom stereocenters. The van der Waals surface area contributed by atoms with E-state index >= 15 is 0 Å². The lowest BCUT2D eigenvalue weighted by atomic mass is 10.3. The van der Waals surface area contributed by atoms with Gasteiger partial charge in [-0.25, -0.2) is 4.98 Å². The summed E-state index contributed by atoms with van der Waals surface area (Å²) < 4.78 is 5.39. The van der Waals surface area contributed by atoms with Gasteiger partial charge in [0, 0.05) is 11.6 Å². The number of nitrogens with one attached hydrogen (secondary N) is 1. The van der Waals surface area contributed by atoms with Crippen LogP contribution in [0.4, 0.5) is 0 Å². The summed E-state index contributed by atoms with van der Waals surface area (Å²) in [6.07, 6.45) is 1.73. The molecule has 116 valence electrons. The van der Waals surface area contributed by atoms with Crippen LogP contribution in [0.3, 0.4) is 0 Å². The van der Waals surface area contributed by atoms with Crippen molar-refractivity contribution in [2.75, 3.05) is 6.61 Å². The van der Waals surface area contributed by atoms with Crippen molar-refractivity contribution in [3.8, 4) is 17.1 Å². The number of benzene rings is 1. The maximum atomic E-state index is 11.8. The molecule has 0 radical (unpaired) electrons. The Morgan fingerprint density at radius 1 is 1.09 bits per heavy atom. The molecule has 2 aromatic heterocycles. The molecular formula is C17H15N3O2S. The third-order valence-electron chi connectivity index (χ3n) is 3.03. The number of carbonyl (C=O) groups excluding carboxylic acids is 1. The molecule has 0 aliphatic rings. The van der Waals surface area contributed by atoms with Crippen LogP contribution >= 0.6 is 11.3 Å². The van der Waals surface area contributed by atoms with E-state index in [1.807, 2.05) is 53.9 Å². The summed E-state index contributed by atoms with van der Waals surface area (Å²) in [6, 6.07) is 14.9. The summed E-state index contributed by atoms with van der Waals surface area (Å²) in [5, 5.41) is 5.56. The van der Waals surface area contributed by atoms with Crippen LogP contribution in [0, 0.1) is 0 Å². The highest BCUT2D eigenvalue weighted by atomic mass is 32.1. The number of amides is 1. The van der Waals surface area contributed by atoms with Crippen LogP contribution in [-0.2, 0) is 11.3 Å². The molecule has 0 spiro atoms. The van der Waals surface area contributed by atoms with Gasteiger partial charge in [-0.05, 0) is 24.3 Å². The first kappa shape index (κ1) is 15.2. The Bertz CT molecular complexity index is 760. The van der Waals surface area contributed by atoms with E-state index in [0.717, 1.165) is 16.4 Å². The molecule has 0 saturated heterocycles. The fourth-order valence-corrected chi connectivity index (χ4v) is 2.64. The highest BCUT2D eigenvalue weighted by Gasteiger charge is 2.07.